The molecule has 4 heteroatoms. The minimum Gasteiger partial charge on any atom is -0.345 e. The Morgan fingerprint density at radius 3 is 1.38 bits per heavy atom. The molecule has 0 N–H and O–H groups in total. The van der Waals surface area contributed by atoms with Crippen molar-refractivity contribution in [3.8, 4) is 0 Å². The lowest BCUT2D eigenvalue weighted by atomic mass is 9.58. The van der Waals surface area contributed by atoms with E-state index in [-0.39, 0.29) is 16.6 Å². The zero-order valence-corrected chi connectivity index (χ0v) is 29.8. The lowest BCUT2D eigenvalue weighted by molar-refractivity contribution is 0.590. The second-order valence-corrected chi connectivity index (χ2v) is 18.8. The monoisotopic (exact) mass is 630 g/mol. The summed E-state index contributed by atoms with van der Waals surface area (Å²) in [5.41, 5.74) is 6.64. The Morgan fingerprint density at radius 1 is 0.553 bits per heavy atom. The number of imidazole rings is 1. The summed E-state index contributed by atoms with van der Waals surface area (Å²) in [4.78, 5) is 5.05. The summed E-state index contributed by atoms with van der Waals surface area (Å²) in [5, 5.41) is 4.25. The minimum absolute atomic E-state index is 0.0885. The van der Waals surface area contributed by atoms with Gasteiger partial charge in [-0.1, -0.05) is 181 Å². The normalized spacial score (nSPS) is 12.3. The summed E-state index contributed by atoms with van der Waals surface area (Å²) in [6.07, 6.45) is 5.07. The molecule has 1 heterocycles. The molecule has 6 rings (SSSR count). The highest BCUT2D eigenvalue weighted by molar-refractivity contribution is 7.10. The standard InChI is InChI=1S/C43H47BN2Si/c1-42(2,3)35-22-26-38(27-23-35)47(37-20-14-9-15-21-37,39-28-24-36(25-29-39)43(4,5)6)32-46-31-30-45-41(46)44-40(33-16-10-7-11-17-33)34-18-12-8-13-19-34/h7-31,40,44H,32H2,1-6H3. The first-order chi connectivity index (χ1) is 22.6. The van der Waals surface area contributed by atoms with E-state index in [0.717, 1.165) is 19.2 Å². The molecule has 0 aliphatic heterocycles. The predicted octanol–water partition coefficient (Wildman–Crippen LogP) is 7.04. The molecule has 5 aromatic carbocycles. The molecular weight excluding hydrogens is 583 g/mol. The van der Waals surface area contributed by atoms with Gasteiger partial charge in [0.05, 0.1) is 5.72 Å². The van der Waals surface area contributed by atoms with E-state index in [1.165, 1.54) is 37.8 Å². The number of hydrogen-bond donors (Lipinski definition) is 0. The van der Waals surface area contributed by atoms with E-state index < -0.39 is 8.07 Å². The van der Waals surface area contributed by atoms with Crippen molar-refractivity contribution in [2.45, 2.75) is 64.4 Å². The van der Waals surface area contributed by atoms with Crippen LogP contribution in [0.3, 0.4) is 0 Å². The molecule has 0 aliphatic carbocycles. The Bertz CT molecular complexity index is 1770. The van der Waals surface area contributed by atoms with E-state index in [1.54, 1.807) is 0 Å². The Balaban J connectivity index is 1.52. The van der Waals surface area contributed by atoms with Crippen LogP contribution in [0.5, 0.6) is 0 Å². The molecule has 236 valence electrons. The maximum atomic E-state index is 5.05. The van der Waals surface area contributed by atoms with Crippen molar-refractivity contribution in [1.29, 1.82) is 0 Å². The van der Waals surface area contributed by atoms with E-state index in [4.69, 9.17) is 4.98 Å². The van der Waals surface area contributed by atoms with Gasteiger partial charge in [0.25, 0.3) is 0 Å². The van der Waals surface area contributed by atoms with Crippen molar-refractivity contribution < 1.29 is 0 Å². The second-order valence-electron chi connectivity index (χ2n) is 15.0. The van der Waals surface area contributed by atoms with Gasteiger partial charge in [0.2, 0.25) is 7.28 Å². The highest BCUT2D eigenvalue weighted by atomic mass is 28.3. The van der Waals surface area contributed by atoms with Crippen LogP contribution in [0, 0.1) is 0 Å². The number of hydrogen-bond acceptors (Lipinski definition) is 1. The Kier molecular flexibility index (Phi) is 9.25. The van der Waals surface area contributed by atoms with E-state index >= 15 is 0 Å². The maximum Gasteiger partial charge on any atom is 0.217 e. The lowest BCUT2D eigenvalue weighted by Gasteiger charge is -2.36. The van der Waals surface area contributed by atoms with Gasteiger partial charge in [-0.3, -0.25) is 4.98 Å². The summed E-state index contributed by atoms with van der Waals surface area (Å²) >= 11 is 0. The first-order valence-electron chi connectivity index (χ1n) is 16.9. The first kappa shape index (κ1) is 32.5. The first-order valence-corrected chi connectivity index (χ1v) is 19.1. The third-order valence-corrected chi connectivity index (χ3v) is 14.5. The SMILES string of the molecule is CC(C)(C)c1ccc([Si](Cn2ccnc2BC(c2ccccc2)c2ccccc2)(c2ccccc2)c2ccc(C(C)(C)C)cc2)cc1. The van der Waals surface area contributed by atoms with Crippen molar-refractivity contribution in [3.05, 3.63) is 174 Å². The summed E-state index contributed by atoms with van der Waals surface area (Å²) in [6, 6.07) is 52.2. The van der Waals surface area contributed by atoms with Gasteiger partial charge in [-0.2, -0.15) is 0 Å². The van der Waals surface area contributed by atoms with Crippen molar-refractivity contribution in [3.63, 3.8) is 0 Å². The molecule has 0 fully saturated rings. The molecule has 0 bridgehead atoms. The van der Waals surface area contributed by atoms with Crippen LogP contribution in [-0.4, -0.2) is 24.9 Å². The number of nitrogens with zero attached hydrogens (tertiary/aromatic N) is 2. The highest BCUT2D eigenvalue weighted by Crippen LogP contribution is 2.25. The molecule has 47 heavy (non-hydrogen) atoms. The summed E-state index contributed by atoms with van der Waals surface area (Å²) in [6.45, 7) is 13.8. The molecule has 2 nitrogen and oxygen atoms in total. The molecule has 0 unspecified atom stereocenters. The van der Waals surface area contributed by atoms with Crippen LogP contribution in [0.2, 0.25) is 0 Å². The Morgan fingerprint density at radius 2 is 0.957 bits per heavy atom. The minimum atomic E-state index is -2.61. The molecule has 0 saturated carbocycles. The Labute approximate surface area is 283 Å². The molecule has 1 aromatic heterocycles. The van der Waals surface area contributed by atoms with Gasteiger partial charge in [0.1, 0.15) is 0 Å². The smallest absolute Gasteiger partial charge is 0.217 e. The zero-order chi connectivity index (χ0) is 33.1. The van der Waals surface area contributed by atoms with E-state index in [1.807, 2.05) is 6.20 Å². The molecule has 0 spiro atoms. The fourth-order valence-corrected chi connectivity index (χ4v) is 11.5. The third kappa shape index (κ3) is 6.99. The van der Waals surface area contributed by atoms with Gasteiger partial charge in [0, 0.05) is 18.6 Å². The number of rotatable bonds is 9. The van der Waals surface area contributed by atoms with Gasteiger partial charge in [-0.15, -0.1) is 0 Å². The van der Waals surface area contributed by atoms with Crippen LogP contribution in [-0.2, 0) is 17.0 Å². The molecule has 0 saturated heterocycles. The average Bonchev–Trinajstić information content (AvgIpc) is 3.53. The van der Waals surface area contributed by atoms with Crippen LogP contribution in [0.1, 0.15) is 69.6 Å². The van der Waals surface area contributed by atoms with Crippen molar-refractivity contribution in [2.75, 3.05) is 0 Å². The van der Waals surface area contributed by atoms with Gasteiger partial charge in [-0.05, 0) is 54.5 Å². The molecule has 0 aliphatic rings. The quantitative estimate of drug-likeness (QED) is 0.124. The van der Waals surface area contributed by atoms with Crippen LogP contribution in [0.25, 0.3) is 0 Å². The van der Waals surface area contributed by atoms with Gasteiger partial charge >= 0.3 is 0 Å². The summed E-state index contributed by atoms with van der Waals surface area (Å²) < 4.78 is 2.47. The predicted molar refractivity (Wildman–Crippen MR) is 205 cm³/mol. The number of benzene rings is 5. The van der Waals surface area contributed by atoms with Crippen LogP contribution < -0.4 is 21.3 Å². The topological polar surface area (TPSA) is 17.8 Å². The van der Waals surface area contributed by atoms with Crippen molar-refractivity contribution >= 4 is 36.6 Å². The second kappa shape index (κ2) is 13.4. The van der Waals surface area contributed by atoms with Crippen LogP contribution in [0.15, 0.2) is 152 Å². The molecular formula is C43H47BN2Si. The summed E-state index contributed by atoms with van der Waals surface area (Å²) in [7, 11) is -1.78. The summed E-state index contributed by atoms with van der Waals surface area (Å²) in [5.74, 6) is 0.212. The van der Waals surface area contributed by atoms with Gasteiger partial charge in [0.15, 0.2) is 8.07 Å². The average molecular weight is 631 g/mol. The van der Waals surface area contributed by atoms with Gasteiger partial charge < -0.3 is 4.57 Å². The fraction of sp³-hybridized carbons (Fsp3) is 0.233. The van der Waals surface area contributed by atoms with E-state index in [0.29, 0.717) is 0 Å². The lowest BCUT2D eigenvalue weighted by Crippen LogP contribution is -2.70. The molecule has 0 atom stereocenters. The van der Waals surface area contributed by atoms with E-state index in [2.05, 4.69) is 192 Å². The molecule has 6 aromatic rings. The molecule has 0 amide bonds. The molecule has 0 radical (unpaired) electrons. The zero-order valence-electron chi connectivity index (χ0n) is 28.8. The third-order valence-electron chi connectivity index (χ3n) is 9.75. The van der Waals surface area contributed by atoms with Gasteiger partial charge in [-0.25, -0.2) is 0 Å². The van der Waals surface area contributed by atoms with Crippen molar-refractivity contribution in [2.24, 2.45) is 0 Å². The maximum absolute atomic E-state index is 5.05. The van der Waals surface area contributed by atoms with Crippen LogP contribution >= 0.6 is 0 Å². The number of aromatic nitrogens is 2. The Hall–Kier alpha value is -4.41. The largest absolute Gasteiger partial charge is 0.345 e. The highest BCUT2D eigenvalue weighted by Gasteiger charge is 2.41. The van der Waals surface area contributed by atoms with Crippen LogP contribution in [0.4, 0.5) is 0 Å². The van der Waals surface area contributed by atoms with E-state index in [9.17, 15) is 0 Å². The van der Waals surface area contributed by atoms with Crippen molar-refractivity contribution in [1.82, 2.24) is 9.55 Å². The fourth-order valence-electron chi connectivity index (χ4n) is 6.92.